The van der Waals surface area contributed by atoms with Gasteiger partial charge in [0.25, 0.3) is 0 Å². The highest BCUT2D eigenvalue weighted by Gasteiger charge is 2.35. The molecule has 0 amide bonds. The molecule has 0 aliphatic carbocycles. The zero-order valence-corrected chi connectivity index (χ0v) is 15.7. The third-order valence-corrected chi connectivity index (χ3v) is 6.21. The van der Waals surface area contributed by atoms with Gasteiger partial charge in [-0.1, -0.05) is 79.1 Å². The van der Waals surface area contributed by atoms with E-state index in [-0.39, 0.29) is 24.7 Å². The van der Waals surface area contributed by atoms with Gasteiger partial charge in [-0.05, 0) is 32.3 Å². The van der Waals surface area contributed by atoms with Crippen LogP contribution in [0.3, 0.4) is 0 Å². The lowest BCUT2D eigenvalue weighted by Gasteiger charge is -2.49. The third-order valence-electron chi connectivity index (χ3n) is 4.83. The zero-order valence-electron chi connectivity index (χ0n) is 14.8. The Hall–Kier alpha value is 0.110. The summed E-state index contributed by atoms with van der Waals surface area (Å²) in [6.45, 7) is 8.16. The fraction of sp³-hybridized carbons (Fsp3) is 1.00. The van der Waals surface area contributed by atoms with Crippen molar-refractivity contribution in [1.82, 2.24) is 0 Å². The lowest BCUT2D eigenvalue weighted by molar-refractivity contribution is -0.331. The van der Waals surface area contributed by atoms with Crippen molar-refractivity contribution in [3.8, 4) is 0 Å². The second-order valence-corrected chi connectivity index (χ2v) is 8.55. The predicted octanol–water partition coefficient (Wildman–Crippen LogP) is 3.80. The molecule has 0 saturated carbocycles. The van der Waals surface area contributed by atoms with Gasteiger partial charge in [0.1, 0.15) is 0 Å². The van der Waals surface area contributed by atoms with E-state index in [1.165, 1.54) is 0 Å². The molecule has 0 fully saturated rings. The van der Waals surface area contributed by atoms with Crippen molar-refractivity contribution in [2.24, 2.45) is 11.8 Å². The van der Waals surface area contributed by atoms with E-state index in [0.717, 1.165) is 51.4 Å². The molecule has 2 atom stereocenters. The summed E-state index contributed by atoms with van der Waals surface area (Å²) in [6.07, 6.45) is 7.62. The molecule has 0 saturated heterocycles. The number of aliphatic hydroxyl groups is 1. The van der Waals surface area contributed by atoms with Crippen LogP contribution in [0.25, 0.3) is 0 Å². The average molecular weight is 334 g/mol. The van der Waals surface area contributed by atoms with Crippen molar-refractivity contribution >= 4 is 7.60 Å². The molecule has 1 N–H and O–H groups in total. The first kappa shape index (κ1) is 22.1. The fourth-order valence-electron chi connectivity index (χ4n) is 3.12. The molecular formula is C17H35O4P-2. The molecule has 0 radical (unpaired) electrons. The average Bonchev–Trinajstić information content (AvgIpc) is 2.46. The molecule has 2 unspecified atom stereocenters. The van der Waals surface area contributed by atoms with Crippen molar-refractivity contribution in [1.29, 1.82) is 0 Å². The van der Waals surface area contributed by atoms with Crippen LogP contribution in [0.15, 0.2) is 0 Å². The molecule has 0 aromatic carbocycles. The summed E-state index contributed by atoms with van der Waals surface area (Å²) in [6, 6.07) is 0. The van der Waals surface area contributed by atoms with Crippen LogP contribution in [0.4, 0.5) is 0 Å². The first-order chi connectivity index (χ1) is 10.2. The molecule has 134 valence electrons. The van der Waals surface area contributed by atoms with E-state index in [1.807, 2.05) is 13.8 Å². The van der Waals surface area contributed by atoms with E-state index in [0.29, 0.717) is 0 Å². The predicted molar refractivity (Wildman–Crippen MR) is 88.4 cm³/mol. The van der Waals surface area contributed by atoms with E-state index >= 15 is 0 Å². The van der Waals surface area contributed by atoms with Crippen LogP contribution in [0.5, 0.6) is 0 Å². The highest BCUT2D eigenvalue weighted by molar-refractivity contribution is 7.50. The van der Waals surface area contributed by atoms with Gasteiger partial charge in [0.05, 0.1) is 5.34 Å². The maximum absolute atomic E-state index is 11.7. The molecule has 0 heterocycles. The number of hydrogen-bond acceptors (Lipinski definition) is 4. The highest BCUT2D eigenvalue weighted by atomic mass is 31.2. The normalized spacial score (nSPS) is 18.0. The van der Waals surface area contributed by atoms with Gasteiger partial charge in [-0.2, -0.15) is 0 Å². The molecule has 0 bridgehead atoms. The van der Waals surface area contributed by atoms with Gasteiger partial charge in [-0.15, -0.1) is 0 Å². The van der Waals surface area contributed by atoms with Crippen LogP contribution >= 0.6 is 7.60 Å². The van der Waals surface area contributed by atoms with Gasteiger partial charge < -0.3 is 19.5 Å². The molecule has 0 aliphatic rings. The maximum atomic E-state index is 11.7. The minimum Gasteiger partial charge on any atom is -0.809 e. The summed E-state index contributed by atoms with van der Waals surface area (Å²) < 4.78 is 11.7. The molecule has 0 aromatic heterocycles. The summed E-state index contributed by atoms with van der Waals surface area (Å²) in [5, 5.41) is 8.59. The van der Waals surface area contributed by atoms with Gasteiger partial charge in [-0.25, -0.2) is 0 Å². The van der Waals surface area contributed by atoms with Crippen LogP contribution in [-0.4, -0.2) is 10.4 Å². The second-order valence-electron chi connectivity index (χ2n) is 6.72. The summed E-state index contributed by atoms with van der Waals surface area (Å²) in [5.74, 6) is 0.203. The minimum atomic E-state index is -5.03. The molecule has 0 aromatic rings. The monoisotopic (exact) mass is 334 g/mol. The molecule has 5 heteroatoms. The van der Waals surface area contributed by atoms with Crippen molar-refractivity contribution in [2.45, 2.75) is 97.2 Å². The minimum absolute atomic E-state index is 0.0937. The quantitative estimate of drug-likeness (QED) is 0.519. The van der Waals surface area contributed by atoms with Crippen LogP contribution in [0.2, 0.25) is 0 Å². The van der Waals surface area contributed by atoms with E-state index in [4.69, 9.17) is 0 Å². The Labute approximate surface area is 136 Å². The second kappa shape index (κ2) is 10.8. The molecule has 0 spiro atoms. The smallest absolute Gasteiger partial charge is 0.0917 e. The van der Waals surface area contributed by atoms with E-state index in [2.05, 4.69) is 13.8 Å². The number of hydrogen-bond donors (Lipinski definition) is 1. The fourth-order valence-corrected chi connectivity index (χ4v) is 4.08. The lowest BCUT2D eigenvalue weighted by Crippen LogP contribution is -2.42. The first-order valence-corrected chi connectivity index (χ1v) is 10.5. The summed E-state index contributed by atoms with van der Waals surface area (Å²) in [5.41, 5.74) is 0. The Bertz CT molecular complexity index is 309. The van der Waals surface area contributed by atoms with Crippen molar-refractivity contribution in [3.05, 3.63) is 0 Å². The van der Waals surface area contributed by atoms with Crippen LogP contribution < -0.4 is 9.79 Å². The van der Waals surface area contributed by atoms with Crippen LogP contribution in [0, 0.1) is 11.8 Å². The number of rotatable bonds is 13. The maximum Gasteiger partial charge on any atom is 0.0917 e. The summed E-state index contributed by atoms with van der Waals surface area (Å²) in [4.78, 5) is 23.5. The third kappa shape index (κ3) is 7.59. The van der Waals surface area contributed by atoms with Gasteiger partial charge in [-0.3, -0.25) is 0 Å². The van der Waals surface area contributed by atoms with Crippen molar-refractivity contribution in [3.63, 3.8) is 0 Å². The summed E-state index contributed by atoms with van der Waals surface area (Å²) >= 11 is 0. The lowest BCUT2D eigenvalue weighted by atomic mass is 9.86. The number of unbranched alkanes of at least 4 members (excludes halogenated alkanes) is 2. The molecule has 0 aliphatic heterocycles. The standard InChI is InChI=1S/C17H37O4P/c1-5-9-11-15(7-3)13-17(18,22(19,20)21)14-16(8-4)12-10-6-2/h15-16,18H,5-14H2,1-4H3,(H2,19,20,21)/p-2. The molecule has 4 nitrogen and oxygen atoms in total. The topological polar surface area (TPSA) is 83.4 Å². The van der Waals surface area contributed by atoms with Gasteiger partial charge in [0, 0.05) is 0 Å². The SMILES string of the molecule is CCCCC(CC)CC(O)(CC(CC)CCCC)P(=O)([O-])[O-]. The Morgan fingerprint density at radius 1 is 0.909 bits per heavy atom. The van der Waals surface area contributed by atoms with E-state index in [1.54, 1.807) is 0 Å². The molecule has 22 heavy (non-hydrogen) atoms. The summed E-state index contributed by atoms with van der Waals surface area (Å²) in [7, 11) is -5.03. The van der Waals surface area contributed by atoms with Crippen LogP contribution in [0.1, 0.15) is 91.9 Å². The van der Waals surface area contributed by atoms with Gasteiger partial charge in [0.15, 0.2) is 0 Å². The molecule has 0 rings (SSSR count). The Kier molecular flexibility index (Phi) is 10.9. The first-order valence-electron chi connectivity index (χ1n) is 8.98. The zero-order chi connectivity index (χ0) is 17.2. The molecular weight excluding hydrogens is 299 g/mol. The van der Waals surface area contributed by atoms with E-state index < -0.39 is 12.9 Å². The van der Waals surface area contributed by atoms with Gasteiger partial charge in [0.2, 0.25) is 0 Å². The Morgan fingerprint density at radius 2 is 1.27 bits per heavy atom. The Balaban J connectivity index is 5.01. The van der Waals surface area contributed by atoms with Crippen molar-refractivity contribution < 1.29 is 19.5 Å². The highest BCUT2D eigenvalue weighted by Crippen LogP contribution is 2.50. The largest absolute Gasteiger partial charge is 0.809 e. The van der Waals surface area contributed by atoms with Crippen LogP contribution in [-0.2, 0) is 4.57 Å². The van der Waals surface area contributed by atoms with Crippen molar-refractivity contribution in [2.75, 3.05) is 0 Å². The van der Waals surface area contributed by atoms with Gasteiger partial charge >= 0.3 is 0 Å². The van der Waals surface area contributed by atoms with E-state index in [9.17, 15) is 19.5 Å². The Morgan fingerprint density at radius 3 is 1.50 bits per heavy atom.